The molecule has 24 heavy (non-hydrogen) atoms. The van der Waals surface area contributed by atoms with Crippen molar-refractivity contribution in [3.05, 3.63) is 53.2 Å². The smallest absolute Gasteiger partial charge is 0.255 e. The summed E-state index contributed by atoms with van der Waals surface area (Å²) in [4.78, 5) is 16.6. The number of rotatable bonds is 8. The van der Waals surface area contributed by atoms with Crippen LogP contribution in [0.2, 0.25) is 0 Å². The number of pyridine rings is 1. The molecular weight excluding hydrogens is 302 g/mol. The Morgan fingerprint density at radius 3 is 2.58 bits per heavy atom. The summed E-state index contributed by atoms with van der Waals surface area (Å²) in [5.74, 6) is 0.646. The summed E-state index contributed by atoms with van der Waals surface area (Å²) in [6.07, 6.45) is 4.47. The zero-order chi connectivity index (χ0) is 17.4. The van der Waals surface area contributed by atoms with E-state index in [1.807, 2.05) is 44.2 Å². The zero-order valence-corrected chi connectivity index (χ0v) is 14.3. The molecule has 0 saturated carbocycles. The highest BCUT2D eigenvalue weighted by Gasteiger charge is 2.07. The largest absolute Gasteiger partial charge is 0.396 e. The third-order valence-electron chi connectivity index (χ3n) is 3.93. The fourth-order valence-corrected chi connectivity index (χ4v) is 2.29. The van der Waals surface area contributed by atoms with Gasteiger partial charge in [-0.2, -0.15) is 0 Å². The molecule has 0 aliphatic rings. The van der Waals surface area contributed by atoms with Gasteiger partial charge in [0, 0.05) is 18.7 Å². The number of anilines is 2. The number of nitrogens with zero attached hydrogens (tertiary/aromatic N) is 1. The SMILES string of the molecule is Cc1ccc(C(=O)Nc2ccc(NCCCCCO)nc2)cc1C. The van der Waals surface area contributed by atoms with E-state index in [2.05, 4.69) is 15.6 Å². The summed E-state index contributed by atoms with van der Waals surface area (Å²) in [6, 6.07) is 9.35. The number of nitrogens with one attached hydrogen (secondary N) is 2. The Morgan fingerprint density at radius 2 is 1.92 bits per heavy atom. The van der Waals surface area contributed by atoms with Gasteiger partial charge in [-0.3, -0.25) is 4.79 Å². The Morgan fingerprint density at radius 1 is 1.08 bits per heavy atom. The second-order valence-corrected chi connectivity index (χ2v) is 5.90. The average Bonchev–Trinajstić information content (AvgIpc) is 2.58. The number of aliphatic hydroxyl groups excluding tert-OH is 1. The number of hydrogen-bond donors (Lipinski definition) is 3. The van der Waals surface area contributed by atoms with Gasteiger partial charge in [0.05, 0.1) is 11.9 Å². The molecule has 2 aromatic rings. The summed E-state index contributed by atoms with van der Waals surface area (Å²) in [5, 5.41) is 14.8. The van der Waals surface area contributed by atoms with Gasteiger partial charge in [-0.25, -0.2) is 4.98 Å². The van der Waals surface area contributed by atoms with E-state index in [1.165, 1.54) is 5.56 Å². The predicted molar refractivity (Wildman–Crippen MR) is 97.5 cm³/mol. The van der Waals surface area contributed by atoms with Crippen molar-refractivity contribution >= 4 is 17.4 Å². The first kappa shape index (κ1) is 17.9. The van der Waals surface area contributed by atoms with Crippen molar-refractivity contribution in [1.82, 2.24) is 4.98 Å². The maximum atomic E-state index is 12.3. The van der Waals surface area contributed by atoms with Crippen LogP contribution in [0.3, 0.4) is 0 Å². The molecule has 0 fully saturated rings. The van der Waals surface area contributed by atoms with Crippen LogP contribution in [0.5, 0.6) is 0 Å². The molecule has 128 valence electrons. The number of carbonyl (C=O) groups is 1. The van der Waals surface area contributed by atoms with E-state index >= 15 is 0 Å². The number of unbranched alkanes of at least 4 members (excludes halogenated alkanes) is 2. The maximum absolute atomic E-state index is 12.3. The topological polar surface area (TPSA) is 74.2 Å². The molecule has 0 unspecified atom stereocenters. The minimum absolute atomic E-state index is 0.135. The first-order valence-corrected chi connectivity index (χ1v) is 8.29. The number of carbonyl (C=O) groups excluding carboxylic acids is 1. The first-order chi connectivity index (χ1) is 11.6. The average molecular weight is 327 g/mol. The van der Waals surface area contributed by atoms with E-state index in [9.17, 15) is 4.79 Å². The summed E-state index contributed by atoms with van der Waals surface area (Å²) >= 11 is 0. The van der Waals surface area contributed by atoms with Crippen LogP contribution >= 0.6 is 0 Å². The molecular formula is C19H25N3O2. The van der Waals surface area contributed by atoms with Crippen molar-refractivity contribution in [3.63, 3.8) is 0 Å². The predicted octanol–water partition coefficient (Wildman–Crippen LogP) is 3.53. The van der Waals surface area contributed by atoms with Crippen molar-refractivity contribution < 1.29 is 9.90 Å². The minimum atomic E-state index is -0.135. The van der Waals surface area contributed by atoms with Crippen molar-refractivity contribution in [2.24, 2.45) is 0 Å². The Kier molecular flexibility index (Phi) is 6.75. The van der Waals surface area contributed by atoms with Crippen LogP contribution in [0.1, 0.15) is 40.7 Å². The molecule has 0 atom stereocenters. The lowest BCUT2D eigenvalue weighted by molar-refractivity contribution is 0.102. The molecule has 1 aromatic heterocycles. The number of aryl methyl sites for hydroxylation is 2. The van der Waals surface area contributed by atoms with Crippen LogP contribution in [0.15, 0.2) is 36.5 Å². The van der Waals surface area contributed by atoms with Gasteiger partial charge >= 0.3 is 0 Å². The molecule has 0 saturated heterocycles. The fraction of sp³-hybridized carbons (Fsp3) is 0.368. The molecule has 0 aliphatic heterocycles. The lowest BCUT2D eigenvalue weighted by atomic mass is 10.1. The highest BCUT2D eigenvalue weighted by molar-refractivity contribution is 6.04. The molecule has 3 N–H and O–H groups in total. The van der Waals surface area contributed by atoms with Crippen molar-refractivity contribution in [2.45, 2.75) is 33.1 Å². The van der Waals surface area contributed by atoms with Crippen LogP contribution in [0.4, 0.5) is 11.5 Å². The third kappa shape index (κ3) is 5.35. The number of hydrogen-bond acceptors (Lipinski definition) is 4. The monoisotopic (exact) mass is 327 g/mol. The summed E-state index contributed by atoms with van der Waals surface area (Å²) < 4.78 is 0. The molecule has 2 rings (SSSR count). The van der Waals surface area contributed by atoms with Gasteiger partial charge in [0.25, 0.3) is 5.91 Å². The van der Waals surface area contributed by atoms with E-state index in [4.69, 9.17) is 5.11 Å². The van der Waals surface area contributed by atoms with Gasteiger partial charge in [-0.05, 0) is 68.5 Å². The number of aromatic nitrogens is 1. The summed E-state index contributed by atoms with van der Waals surface area (Å²) in [6.45, 7) is 5.08. The van der Waals surface area contributed by atoms with E-state index in [-0.39, 0.29) is 12.5 Å². The Bertz CT molecular complexity index is 669. The van der Waals surface area contributed by atoms with E-state index in [0.29, 0.717) is 11.3 Å². The molecule has 0 bridgehead atoms. The molecule has 5 heteroatoms. The second-order valence-electron chi connectivity index (χ2n) is 5.90. The van der Waals surface area contributed by atoms with Gasteiger partial charge in [-0.1, -0.05) is 6.07 Å². The Balaban J connectivity index is 1.86. The summed E-state index contributed by atoms with van der Waals surface area (Å²) in [5.41, 5.74) is 3.58. The van der Waals surface area contributed by atoms with Gasteiger partial charge in [0.15, 0.2) is 0 Å². The highest BCUT2D eigenvalue weighted by Crippen LogP contribution is 2.14. The Hall–Kier alpha value is -2.40. The first-order valence-electron chi connectivity index (χ1n) is 8.29. The van der Waals surface area contributed by atoms with Crippen LogP contribution in [-0.2, 0) is 0 Å². The molecule has 1 amide bonds. The van der Waals surface area contributed by atoms with Crippen molar-refractivity contribution in [1.29, 1.82) is 0 Å². The van der Waals surface area contributed by atoms with Crippen LogP contribution in [-0.4, -0.2) is 29.1 Å². The number of amides is 1. The normalized spacial score (nSPS) is 10.5. The van der Waals surface area contributed by atoms with Crippen LogP contribution in [0, 0.1) is 13.8 Å². The maximum Gasteiger partial charge on any atom is 0.255 e. The zero-order valence-electron chi connectivity index (χ0n) is 14.3. The van der Waals surface area contributed by atoms with Crippen molar-refractivity contribution in [2.75, 3.05) is 23.8 Å². The highest BCUT2D eigenvalue weighted by atomic mass is 16.2. The third-order valence-corrected chi connectivity index (χ3v) is 3.93. The molecule has 1 aromatic carbocycles. The van der Waals surface area contributed by atoms with Gasteiger partial charge in [-0.15, -0.1) is 0 Å². The van der Waals surface area contributed by atoms with Gasteiger partial charge < -0.3 is 15.7 Å². The standard InChI is InChI=1S/C19H25N3O2/c1-14-6-7-16(12-15(14)2)19(24)22-17-8-9-18(21-13-17)20-10-4-3-5-11-23/h6-9,12-13,23H,3-5,10-11H2,1-2H3,(H,20,21)(H,22,24). The second kappa shape index (κ2) is 9.03. The number of benzene rings is 1. The van der Waals surface area contributed by atoms with E-state index < -0.39 is 0 Å². The van der Waals surface area contributed by atoms with Crippen LogP contribution < -0.4 is 10.6 Å². The fourth-order valence-electron chi connectivity index (χ4n) is 2.29. The minimum Gasteiger partial charge on any atom is -0.396 e. The van der Waals surface area contributed by atoms with Gasteiger partial charge in [0.1, 0.15) is 5.82 Å². The lowest BCUT2D eigenvalue weighted by Crippen LogP contribution is -2.12. The van der Waals surface area contributed by atoms with Crippen LogP contribution in [0.25, 0.3) is 0 Å². The lowest BCUT2D eigenvalue weighted by Gasteiger charge is -2.09. The molecule has 0 radical (unpaired) electrons. The quantitative estimate of drug-likeness (QED) is 0.649. The number of aliphatic hydroxyl groups is 1. The molecule has 0 aliphatic carbocycles. The van der Waals surface area contributed by atoms with Gasteiger partial charge in [0.2, 0.25) is 0 Å². The summed E-state index contributed by atoms with van der Waals surface area (Å²) in [7, 11) is 0. The van der Waals surface area contributed by atoms with Crippen molar-refractivity contribution in [3.8, 4) is 0 Å². The van der Waals surface area contributed by atoms with E-state index in [1.54, 1.807) is 6.20 Å². The van der Waals surface area contributed by atoms with E-state index in [0.717, 1.165) is 37.2 Å². The molecule has 1 heterocycles. The molecule has 0 spiro atoms. The molecule has 5 nitrogen and oxygen atoms in total. The Labute approximate surface area is 143 Å².